The molecule has 3 nitrogen and oxygen atoms in total. The van der Waals surface area contributed by atoms with Crippen molar-refractivity contribution >= 4 is 19.2 Å². The molecule has 1 unspecified atom stereocenters. The maximum Gasteiger partial charge on any atom is 0.349 e. The van der Waals surface area contributed by atoms with Crippen LogP contribution in [0.15, 0.2) is 30.3 Å². The molecule has 2 rings (SSSR count). The molecule has 1 aliphatic heterocycles. The predicted octanol–water partition coefficient (Wildman–Crippen LogP) is 3.25. The van der Waals surface area contributed by atoms with E-state index in [0.29, 0.717) is 6.04 Å². The van der Waals surface area contributed by atoms with Crippen LogP contribution in [-0.4, -0.2) is 36.5 Å². The molecule has 0 N–H and O–H groups in total. The van der Waals surface area contributed by atoms with Crippen molar-refractivity contribution in [3.05, 3.63) is 35.9 Å². The molecule has 3 atom stereocenters. The fourth-order valence-electron chi connectivity index (χ4n) is 2.11. The Morgan fingerprint density at radius 2 is 1.88 bits per heavy atom. The van der Waals surface area contributed by atoms with Crippen LogP contribution in [-0.2, 0) is 4.52 Å². The van der Waals surface area contributed by atoms with Gasteiger partial charge in [0, 0.05) is 21.1 Å². The zero-order valence-electron chi connectivity index (χ0n) is 10.7. The van der Waals surface area contributed by atoms with Crippen LogP contribution in [0.4, 0.5) is 0 Å². The number of benzene rings is 1. The fourth-order valence-corrected chi connectivity index (χ4v) is 5.00. The second-order valence-corrected chi connectivity index (χ2v) is 8.84. The van der Waals surface area contributed by atoms with Gasteiger partial charge < -0.3 is 0 Å². The third-order valence-electron chi connectivity index (χ3n) is 3.34. The minimum atomic E-state index is -1.90. The summed E-state index contributed by atoms with van der Waals surface area (Å²) in [4.78, 5) is 0. The van der Waals surface area contributed by atoms with Crippen molar-refractivity contribution in [1.82, 2.24) is 9.34 Å². The molecule has 1 aromatic rings. The summed E-state index contributed by atoms with van der Waals surface area (Å²) in [7, 11) is 6.14. The first kappa shape index (κ1) is 13.3. The first-order valence-corrected chi connectivity index (χ1v) is 8.49. The molecular formula is C12H20N2OPS+. The summed E-state index contributed by atoms with van der Waals surface area (Å²) in [5.74, 6) is 0. The van der Waals surface area contributed by atoms with Gasteiger partial charge in [0.05, 0.1) is 18.3 Å². The third-order valence-corrected chi connectivity index (χ3v) is 8.28. The highest BCUT2D eigenvalue weighted by molar-refractivity contribution is 8.49. The topological polar surface area (TPSA) is 15.7 Å². The monoisotopic (exact) mass is 271 g/mol. The van der Waals surface area contributed by atoms with Gasteiger partial charge in [-0.2, -0.15) is 4.52 Å². The molecule has 1 heterocycles. The van der Waals surface area contributed by atoms with Gasteiger partial charge in [-0.3, -0.25) is 0 Å². The van der Waals surface area contributed by atoms with Crippen molar-refractivity contribution in [2.45, 2.75) is 19.1 Å². The van der Waals surface area contributed by atoms with Crippen molar-refractivity contribution in [3.63, 3.8) is 0 Å². The fraction of sp³-hybridized carbons (Fsp3) is 0.500. The maximum absolute atomic E-state index is 6.25. The number of likely N-dealkylation sites (N-methyl/N-ethyl adjacent to an activating group) is 1. The van der Waals surface area contributed by atoms with Crippen molar-refractivity contribution < 1.29 is 4.52 Å². The molecule has 0 bridgehead atoms. The Bertz CT molecular complexity index is 389. The minimum Gasteiger partial charge on any atom is -0.177 e. The average molecular weight is 271 g/mol. The molecule has 1 fully saturated rings. The summed E-state index contributed by atoms with van der Waals surface area (Å²) in [6.07, 6.45) is 0.106. The standard InChI is InChI=1S/C12H20N2OPS/c1-10-12(11-8-6-5-7-9-11)15-16(17,13(2)3)14(10)4/h5-10,12,17H,1-4H3/q+1/t10-,12-,16?/m0/s1. The zero-order valence-corrected chi connectivity index (χ0v) is 12.5. The van der Waals surface area contributed by atoms with E-state index < -0.39 is 6.99 Å². The Morgan fingerprint density at radius 3 is 2.35 bits per heavy atom. The van der Waals surface area contributed by atoms with E-state index >= 15 is 0 Å². The van der Waals surface area contributed by atoms with Crippen LogP contribution in [0.3, 0.4) is 0 Å². The van der Waals surface area contributed by atoms with Crippen LogP contribution in [0.5, 0.6) is 0 Å². The van der Waals surface area contributed by atoms with Crippen LogP contribution in [0.2, 0.25) is 0 Å². The molecule has 0 radical (unpaired) electrons. The van der Waals surface area contributed by atoms with Crippen LogP contribution in [0.25, 0.3) is 0 Å². The van der Waals surface area contributed by atoms with E-state index in [0.717, 1.165) is 0 Å². The lowest BCUT2D eigenvalue weighted by atomic mass is 10.0. The molecule has 0 amide bonds. The SMILES string of the molecule is C[C@H]1[C@@H](c2ccccc2)O[P+](S)(N(C)C)N1C. The summed E-state index contributed by atoms with van der Waals surface area (Å²) in [5, 5.41) is 0. The van der Waals surface area contributed by atoms with Crippen molar-refractivity contribution in [3.8, 4) is 0 Å². The Balaban J connectivity index is 2.29. The van der Waals surface area contributed by atoms with Gasteiger partial charge in [-0.25, -0.2) is 0 Å². The van der Waals surface area contributed by atoms with Crippen LogP contribution >= 0.6 is 19.2 Å². The normalized spacial score (nSPS) is 34.5. The smallest absolute Gasteiger partial charge is 0.177 e. The highest BCUT2D eigenvalue weighted by Crippen LogP contribution is 2.75. The van der Waals surface area contributed by atoms with E-state index in [2.05, 4.69) is 47.6 Å². The number of thiol groups is 1. The first-order valence-electron chi connectivity index (χ1n) is 5.73. The predicted molar refractivity (Wildman–Crippen MR) is 77.1 cm³/mol. The number of hydrogen-bond donors (Lipinski definition) is 1. The van der Waals surface area contributed by atoms with Gasteiger partial charge in [-0.05, 0) is 12.5 Å². The molecule has 5 heteroatoms. The summed E-state index contributed by atoms with van der Waals surface area (Å²) in [6, 6.07) is 10.7. The van der Waals surface area contributed by atoms with Crippen molar-refractivity contribution in [1.29, 1.82) is 0 Å². The summed E-state index contributed by atoms with van der Waals surface area (Å²) < 4.78 is 10.6. The highest BCUT2D eigenvalue weighted by Gasteiger charge is 2.58. The van der Waals surface area contributed by atoms with Gasteiger partial charge in [0.1, 0.15) is 0 Å². The van der Waals surface area contributed by atoms with Crippen LogP contribution < -0.4 is 0 Å². The minimum absolute atomic E-state index is 0.106. The summed E-state index contributed by atoms with van der Waals surface area (Å²) in [5.41, 5.74) is 1.23. The van der Waals surface area contributed by atoms with Gasteiger partial charge in [-0.1, -0.05) is 30.3 Å². The largest absolute Gasteiger partial charge is 0.349 e. The van der Waals surface area contributed by atoms with E-state index in [9.17, 15) is 0 Å². The molecule has 0 aromatic heterocycles. The molecule has 1 aromatic carbocycles. The Hall–Kier alpha value is -0.120. The van der Waals surface area contributed by atoms with Crippen molar-refractivity contribution in [2.75, 3.05) is 21.1 Å². The molecule has 0 aliphatic carbocycles. The Kier molecular flexibility index (Phi) is 3.81. The molecule has 0 spiro atoms. The Labute approximate surface area is 109 Å². The number of hydrogen-bond acceptors (Lipinski definition) is 4. The second kappa shape index (κ2) is 4.87. The van der Waals surface area contributed by atoms with Gasteiger partial charge in [-0.15, -0.1) is 9.34 Å². The van der Waals surface area contributed by atoms with Gasteiger partial charge in [0.15, 0.2) is 6.10 Å². The van der Waals surface area contributed by atoms with Crippen LogP contribution in [0.1, 0.15) is 18.6 Å². The van der Waals surface area contributed by atoms with Crippen molar-refractivity contribution in [2.24, 2.45) is 0 Å². The third kappa shape index (κ3) is 2.25. The van der Waals surface area contributed by atoms with Gasteiger partial charge in [0.2, 0.25) is 0 Å². The number of rotatable bonds is 2. The summed E-state index contributed by atoms with van der Waals surface area (Å²) in [6.45, 7) is 0.294. The molecule has 1 aliphatic rings. The highest BCUT2D eigenvalue weighted by atomic mass is 32.7. The Morgan fingerprint density at radius 1 is 1.29 bits per heavy atom. The molecular weight excluding hydrogens is 251 g/mol. The van der Waals surface area contributed by atoms with E-state index in [1.54, 1.807) is 0 Å². The van der Waals surface area contributed by atoms with Gasteiger partial charge in [0.25, 0.3) is 0 Å². The van der Waals surface area contributed by atoms with E-state index in [1.165, 1.54) is 5.56 Å². The van der Waals surface area contributed by atoms with E-state index in [4.69, 9.17) is 16.8 Å². The summed E-state index contributed by atoms with van der Waals surface area (Å²) >= 11 is 4.78. The lowest BCUT2D eigenvalue weighted by Gasteiger charge is -2.25. The first-order chi connectivity index (χ1) is 7.97. The molecule has 1 saturated heterocycles. The molecule has 17 heavy (non-hydrogen) atoms. The second-order valence-electron chi connectivity index (χ2n) is 4.61. The molecule has 0 saturated carbocycles. The van der Waals surface area contributed by atoms with Crippen LogP contribution in [0, 0.1) is 0 Å². The number of nitrogens with zero attached hydrogens (tertiary/aromatic N) is 2. The van der Waals surface area contributed by atoms with E-state index in [-0.39, 0.29) is 6.10 Å². The molecule has 94 valence electrons. The average Bonchev–Trinajstić information content (AvgIpc) is 2.56. The maximum atomic E-state index is 6.25. The lowest BCUT2D eigenvalue weighted by Crippen LogP contribution is -2.27. The lowest BCUT2D eigenvalue weighted by molar-refractivity contribution is 0.212. The van der Waals surface area contributed by atoms with E-state index in [1.807, 2.05) is 20.2 Å². The van der Waals surface area contributed by atoms with Gasteiger partial charge >= 0.3 is 6.99 Å². The zero-order chi connectivity index (χ0) is 12.6. The quantitative estimate of drug-likeness (QED) is 0.657.